The second-order valence-corrected chi connectivity index (χ2v) is 5.34. The van der Waals surface area contributed by atoms with Crippen molar-refractivity contribution in [1.29, 1.82) is 0 Å². The van der Waals surface area contributed by atoms with E-state index < -0.39 is 4.21 Å². The van der Waals surface area contributed by atoms with Crippen LogP contribution in [0.15, 0.2) is 22.7 Å². The number of rotatable bonds is 0. The molecule has 1 heterocycles. The van der Waals surface area contributed by atoms with Crippen molar-refractivity contribution in [2.75, 3.05) is 0 Å². The smallest absolute Gasteiger partial charge is 0.163 e. The molecule has 2 rings (SSSR count). The van der Waals surface area contributed by atoms with Crippen LogP contribution in [-0.2, 0) is 0 Å². The van der Waals surface area contributed by atoms with Gasteiger partial charge in [-0.25, -0.2) is 0 Å². The highest BCUT2D eigenvalue weighted by Crippen LogP contribution is 2.50. The van der Waals surface area contributed by atoms with Crippen molar-refractivity contribution in [1.82, 2.24) is 4.21 Å². The summed E-state index contributed by atoms with van der Waals surface area (Å²) in [6, 6.07) is 5.44. The Morgan fingerprint density at radius 1 is 1.46 bits per heavy atom. The maximum Gasteiger partial charge on any atom is 0.217 e. The summed E-state index contributed by atoms with van der Waals surface area (Å²) in [6.45, 7) is 1.95. The van der Waals surface area contributed by atoms with Crippen molar-refractivity contribution >= 4 is 33.6 Å². The molecule has 0 saturated heterocycles. The van der Waals surface area contributed by atoms with Crippen molar-refractivity contribution in [2.45, 2.75) is 12.2 Å². The van der Waals surface area contributed by atoms with Crippen LogP contribution in [0.3, 0.4) is 0 Å². The third-order valence-corrected chi connectivity index (χ3v) is 3.60. The lowest BCUT2D eigenvalue weighted by atomic mass is 10.1. The van der Waals surface area contributed by atoms with Gasteiger partial charge in [0.1, 0.15) is 0 Å². The number of hydrogen-bond donors (Lipinski definition) is 2. The molecule has 0 spiro atoms. The van der Waals surface area contributed by atoms with Crippen molar-refractivity contribution < 1.29 is 10.4 Å². The zero-order chi connectivity index (χ0) is 9.64. The number of nitrogens with zero attached hydrogens (tertiary/aromatic N) is 1. The van der Waals surface area contributed by atoms with E-state index in [2.05, 4.69) is 15.9 Å². The van der Waals surface area contributed by atoms with Crippen molar-refractivity contribution in [2.24, 2.45) is 0 Å². The molecule has 0 aliphatic carbocycles. The molecule has 1 unspecified atom stereocenters. The lowest BCUT2D eigenvalue weighted by Gasteiger charge is -2.11. The normalized spacial score (nSPS) is 24.5. The van der Waals surface area contributed by atoms with Gasteiger partial charge >= 0.3 is 0 Å². The van der Waals surface area contributed by atoms with E-state index in [0.717, 1.165) is 22.0 Å². The van der Waals surface area contributed by atoms with E-state index >= 15 is 0 Å². The number of halogens is 1. The van der Waals surface area contributed by atoms with Crippen molar-refractivity contribution in [3.8, 4) is 0 Å². The van der Waals surface area contributed by atoms with Crippen LogP contribution in [0, 0.1) is 0 Å². The van der Waals surface area contributed by atoms with Gasteiger partial charge in [0.15, 0.2) is 11.9 Å². The molecule has 70 valence electrons. The first-order valence-electron chi connectivity index (χ1n) is 3.83. The predicted octanol–water partition coefficient (Wildman–Crippen LogP) is 3.26. The quantitative estimate of drug-likeness (QED) is 0.557. The minimum Gasteiger partial charge on any atom is -0.163 e. The topological polar surface area (TPSA) is 40.5 Å². The van der Waals surface area contributed by atoms with E-state index in [1.54, 1.807) is 12.1 Å². The standard InChI is InChI=1S/C8H9BrNO2S/c1-5-7-4-6(9)2-3-8(7)10(11,12)13-5/h2-5,11-12H,1H3/q+1. The molecule has 1 aliphatic rings. The Kier molecular flexibility index (Phi) is 2.16. The Morgan fingerprint density at radius 3 is 2.85 bits per heavy atom. The summed E-state index contributed by atoms with van der Waals surface area (Å²) in [6.07, 6.45) is 0. The lowest BCUT2D eigenvalue weighted by molar-refractivity contribution is -0.202. The highest BCUT2D eigenvalue weighted by molar-refractivity contribution is 9.10. The van der Waals surface area contributed by atoms with Gasteiger partial charge < -0.3 is 0 Å². The third kappa shape index (κ3) is 1.51. The maximum absolute atomic E-state index is 9.55. The fourth-order valence-electron chi connectivity index (χ4n) is 1.45. The van der Waals surface area contributed by atoms with Crippen LogP contribution in [0.25, 0.3) is 0 Å². The molecule has 1 atom stereocenters. The molecular formula is C8H9BrNO2S+. The Labute approximate surface area is 88.7 Å². The van der Waals surface area contributed by atoms with Gasteiger partial charge in [0.2, 0.25) is 5.69 Å². The zero-order valence-electron chi connectivity index (χ0n) is 6.94. The molecule has 1 aromatic carbocycles. The second kappa shape index (κ2) is 2.96. The first-order valence-corrected chi connectivity index (χ1v) is 5.46. The van der Waals surface area contributed by atoms with E-state index in [0.29, 0.717) is 5.69 Å². The van der Waals surface area contributed by atoms with Crippen LogP contribution in [0.1, 0.15) is 17.7 Å². The molecule has 1 aromatic rings. The average Bonchev–Trinajstić information content (AvgIpc) is 2.22. The molecule has 0 saturated carbocycles. The average molecular weight is 263 g/mol. The monoisotopic (exact) mass is 262 g/mol. The summed E-state index contributed by atoms with van der Waals surface area (Å²) < 4.78 is -0.107. The first kappa shape index (κ1) is 9.48. The van der Waals surface area contributed by atoms with Crippen LogP contribution in [0.4, 0.5) is 5.69 Å². The summed E-state index contributed by atoms with van der Waals surface area (Å²) in [5, 5.41) is 19.2. The van der Waals surface area contributed by atoms with Crippen LogP contribution in [0.2, 0.25) is 0 Å². The third-order valence-electron chi connectivity index (χ3n) is 2.05. The second-order valence-electron chi connectivity index (χ2n) is 2.99. The Balaban J connectivity index is 2.59. The van der Waals surface area contributed by atoms with Crippen LogP contribution in [-0.4, -0.2) is 10.4 Å². The maximum atomic E-state index is 9.55. The molecule has 0 bridgehead atoms. The molecule has 0 amide bonds. The molecule has 0 fully saturated rings. The van der Waals surface area contributed by atoms with Gasteiger partial charge in [0.05, 0.1) is 5.25 Å². The summed E-state index contributed by atoms with van der Waals surface area (Å²) in [5.41, 5.74) is 1.50. The molecule has 1 aliphatic heterocycles. The van der Waals surface area contributed by atoms with E-state index in [4.69, 9.17) is 0 Å². The largest absolute Gasteiger partial charge is 0.217 e. The molecular weight excluding hydrogens is 254 g/mol. The van der Waals surface area contributed by atoms with E-state index in [1.165, 1.54) is 0 Å². The SMILES string of the molecule is CC1S[N+](O)(O)c2ccc(Br)cc21. The fourth-order valence-corrected chi connectivity index (χ4v) is 2.85. The summed E-state index contributed by atoms with van der Waals surface area (Å²) in [5.74, 6) is 0. The van der Waals surface area contributed by atoms with Gasteiger partial charge in [-0.05, 0) is 19.1 Å². The lowest BCUT2D eigenvalue weighted by Crippen LogP contribution is -2.30. The summed E-state index contributed by atoms with van der Waals surface area (Å²) >= 11 is 4.44. The Bertz CT molecular complexity index is 356. The van der Waals surface area contributed by atoms with Crippen LogP contribution >= 0.6 is 27.9 Å². The number of fused-ring (bicyclic) bond motifs is 1. The minimum absolute atomic E-state index is 0.0995. The predicted molar refractivity (Wildman–Crippen MR) is 55.5 cm³/mol. The van der Waals surface area contributed by atoms with Crippen LogP contribution in [0.5, 0.6) is 0 Å². The van der Waals surface area contributed by atoms with Gasteiger partial charge in [-0.3, -0.25) is 0 Å². The van der Waals surface area contributed by atoms with Crippen molar-refractivity contribution in [3.05, 3.63) is 28.2 Å². The molecule has 5 heteroatoms. The fraction of sp³-hybridized carbons (Fsp3) is 0.250. The van der Waals surface area contributed by atoms with E-state index in [-0.39, 0.29) is 5.25 Å². The summed E-state index contributed by atoms with van der Waals surface area (Å²) in [4.78, 5) is 0. The van der Waals surface area contributed by atoms with Gasteiger partial charge in [-0.2, -0.15) is 10.4 Å². The van der Waals surface area contributed by atoms with Gasteiger partial charge in [0.25, 0.3) is 0 Å². The minimum atomic E-state index is -1.07. The molecule has 2 N–H and O–H groups in total. The number of hydrogen-bond acceptors (Lipinski definition) is 3. The molecule has 0 radical (unpaired) electrons. The molecule has 3 nitrogen and oxygen atoms in total. The van der Waals surface area contributed by atoms with Gasteiger partial charge in [0, 0.05) is 20.3 Å². The first-order chi connectivity index (χ1) is 6.00. The van der Waals surface area contributed by atoms with E-state index in [9.17, 15) is 10.4 Å². The van der Waals surface area contributed by atoms with Crippen molar-refractivity contribution in [3.63, 3.8) is 0 Å². The Hall–Kier alpha value is -0.0700. The zero-order valence-corrected chi connectivity index (χ0v) is 9.34. The van der Waals surface area contributed by atoms with Gasteiger partial charge in [-0.1, -0.05) is 15.9 Å². The summed E-state index contributed by atoms with van der Waals surface area (Å²) in [7, 11) is 0. The van der Waals surface area contributed by atoms with Crippen LogP contribution < -0.4 is 4.21 Å². The number of benzene rings is 1. The van der Waals surface area contributed by atoms with Gasteiger partial charge in [-0.15, -0.1) is 0 Å². The molecule has 13 heavy (non-hydrogen) atoms. The highest BCUT2D eigenvalue weighted by atomic mass is 79.9. The highest BCUT2D eigenvalue weighted by Gasteiger charge is 2.44. The number of quaternary nitrogens is 1. The Morgan fingerprint density at radius 2 is 2.15 bits per heavy atom. The van der Waals surface area contributed by atoms with E-state index in [1.807, 2.05) is 13.0 Å². The molecule has 0 aromatic heterocycles.